The summed E-state index contributed by atoms with van der Waals surface area (Å²) in [5.74, 6) is -0.151. The Bertz CT molecular complexity index is 998. The molecule has 0 saturated carbocycles. The van der Waals surface area contributed by atoms with Gasteiger partial charge in [0.1, 0.15) is 12.4 Å². The third-order valence-electron chi connectivity index (χ3n) is 4.45. The molecule has 2 aromatic carbocycles. The van der Waals surface area contributed by atoms with Gasteiger partial charge in [0.15, 0.2) is 0 Å². The van der Waals surface area contributed by atoms with Gasteiger partial charge in [0.25, 0.3) is 5.91 Å². The summed E-state index contributed by atoms with van der Waals surface area (Å²) in [4.78, 5) is 24.3. The molecule has 0 unspecified atom stereocenters. The lowest BCUT2D eigenvalue weighted by Crippen LogP contribution is -2.13. The third kappa shape index (κ3) is 7.74. The van der Waals surface area contributed by atoms with Crippen LogP contribution < -0.4 is 10.1 Å². The Kier molecular flexibility index (Phi) is 10.3. The Morgan fingerprint density at radius 2 is 1.81 bits per heavy atom. The van der Waals surface area contributed by atoms with Crippen molar-refractivity contribution in [3.05, 3.63) is 81.4 Å². The number of carbonyl (C=O) groups is 2. The molecule has 170 valence electrons. The Morgan fingerprint density at radius 1 is 1.09 bits per heavy atom. The summed E-state index contributed by atoms with van der Waals surface area (Å²) in [6.07, 6.45) is 4.82. The highest BCUT2D eigenvalue weighted by Gasteiger charge is 2.13. The molecule has 0 bridgehead atoms. The number of hydrogen-bond acceptors (Lipinski definition) is 4. The first-order valence-corrected chi connectivity index (χ1v) is 11.1. The molecule has 0 spiro atoms. The van der Waals surface area contributed by atoms with Crippen LogP contribution in [0.3, 0.4) is 0 Å². The van der Waals surface area contributed by atoms with Gasteiger partial charge in [-0.05, 0) is 56.2 Å². The van der Waals surface area contributed by atoms with Gasteiger partial charge in [0.05, 0.1) is 23.6 Å². The van der Waals surface area contributed by atoms with Crippen molar-refractivity contribution < 1.29 is 19.1 Å². The second-order valence-corrected chi connectivity index (χ2v) is 7.65. The molecule has 1 amide bonds. The monoisotopic (exact) mass is 475 g/mol. The molecule has 0 radical (unpaired) electrons. The number of amides is 1. The van der Waals surface area contributed by atoms with Crippen molar-refractivity contribution in [3.63, 3.8) is 0 Å². The summed E-state index contributed by atoms with van der Waals surface area (Å²) in [6.45, 7) is 6.27. The van der Waals surface area contributed by atoms with Crippen molar-refractivity contribution in [1.29, 1.82) is 0 Å². The number of esters is 1. The topological polar surface area (TPSA) is 64.6 Å². The van der Waals surface area contributed by atoms with E-state index in [0.717, 1.165) is 17.6 Å². The van der Waals surface area contributed by atoms with Gasteiger partial charge in [0, 0.05) is 16.3 Å². The minimum Gasteiger partial charge on any atom is -0.489 e. The fraction of sp³-hybridized carbons (Fsp3) is 0.280. The van der Waals surface area contributed by atoms with Crippen LogP contribution in [-0.2, 0) is 16.0 Å². The maximum absolute atomic E-state index is 12.8. The molecular formula is C25H27Cl2NO4. The van der Waals surface area contributed by atoms with Gasteiger partial charge >= 0.3 is 5.97 Å². The van der Waals surface area contributed by atoms with Crippen LogP contribution in [0.1, 0.15) is 43.1 Å². The number of ether oxygens (including phenoxy) is 2. The minimum atomic E-state index is -0.366. The number of nitrogens with one attached hydrogen (secondary N) is 1. The zero-order chi connectivity index (χ0) is 23.5. The summed E-state index contributed by atoms with van der Waals surface area (Å²) in [6, 6.07) is 11.9. The normalized spacial score (nSPS) is 11.8. The van der Waals surface area contributed by atoms with E-state index in [9.17, 15) is 9.59 Å². The molecule has 32 heavy (non-hydrogen) atoms. The number of anilines is 1. The SMILES string of the molecule is C/C=C(Cl)\C(=C/CC)COc1ccc(Cl)c(C(=O)Nc2ccc(CC(=O)OCC)cc2)c1. The molecular weight excluding hydrogens is 449 g/mol. The molecule has 0 atom stereocenters. The lowest BCUT2D eigenvalue weighted by Gasteiger charge is -2.12. The first-order chi connectivity index (χ1) is 15.4. The molecule has 0 aromatic heterocycles. The van der Waals surface area contributed by atoms with Crippen molar-refractivity contribution in [1.82, 2.24) is 0 Å². The van der Waals surface area contributed by atoms with E-state index in [0.29, 0.717) is 28.1 Å². The van der Waals surface area contributed by atoms with Crippen LogP contribution >= 0.6 is 23.2 Å². The van der Waals surface area contributed by atoms with Gasteiger partial charge < -0.3 is 14.8 Å². The largest absolute Gasteiger partial charge is 0.489 e. The van der Waals surface area contributed by atoms with Gasteiger partial charge in [-0.25, -0.2) is 0 Å². The number of carbonyl (C=O) groups excluding carboxylic acids is 2. The van der Waals surface area contributed by atoms with E-state index in [1.807, 2.05) is 26.0 Å². The average Bonchev–Trinajstić information content (AvgIpc) is 2.78. The van der Waals surface area contributed by atoms with Crippen molar-refractivity contribution in [2.45, 2.75) is 33.6 Å². The van der Waals surface area contributed by atoms with Gasteiger partial charge in [-0.3, -0.25) is 9.59 Å². The number of benzene rings is 2. The van der Waals surface area contributed by atoms with E-state index in [2.05, 4.69) is 5.32 Å². The van der Waals surface area contributed by atoms with E-state index in [1.54, 1.807) is 49.4 Å². The van der Waals surface area contributed by atoms with Crippen LogP contribution in [0.25, 0.3) is 0 Å². The van der Waals surface area contributed by atoms with Gasteiger partial charge in [-0.15, -0.1) is 0 Å². The molecule has 0 aliphatic rings. The van der Waals surface area contributed by atoms with E-state index < -0.39 is 0 Å². The third-order valence-corrected chi connectivity index (χ3v) is 5.24. The van der Waals surface area contributed by atoms with Gasteiger partial charge in [-0.1, -0.05) is 54.4 Å². The predicted octanol–water partition coefficient (Wildman–Crippen LogP) is 6.56. The maximum Gasteiger partial charge on any atom is 0.310 e. The summed E-state index contributed by atoms with van der Waals surface area (Å²) >= 11 is 12.5. The van der Waals surface area contributed by atoms with Crippen LogP contribution in [-0.4, -0.2) is 25.1 Å². The van der Waals surface area contributed by atoms with E-state index in [4.69, 9.17) is 32.7 Å². The molecule has 7 heteroatoms. The highest BCUT2D eigenvalue weighted by Crippen LogP contribution is 2.25. The summed E-state index contributed by atoms with van der Waals surface area (Å²) < 4.78 is 10.8. The molecule has 0 saturated heterocycles. The number of rotatable bonds is 10. The van der Waals surface area contributed by atoms with Gasteiger partial charge in [-0.2, -0.15) is 0 Å². The predicted molar refractivity (Wildman–Crippen MR) is 130 cm³/mol. The second-order valence-electron chi connectivity index (χ2n) is 6.84. The van der Waals surface area contributed by atoms with E-state index >= 15 is 0 Å². The lowest BCUT2D eigenvalue weighted by molar-refractivity contribution is -0.142. The zero-order valence-electron chi connectivity index (χ0n) is 18.4. The lowest BCUT2D eigenvalue weighted by atomic mass is 10.1. The molecule has 2 rings (SSSR count). The van der Waals surface area contributed by atoms with Crippen molar-refractivity contribution in [2.24, 2.45) is 0 Å². The molecule has 0 heterocycles. The van der Waals surface area contributed by atoms with Crippen molar-refractivity contribution >= 4 is 40.8 Å². The van der Waals surface area contributed by atoms with Crippen LogP contribution in [0.5, 0.6) is 5.75 Å². The number of halogens is 2. The Hall–Kier alpha value is -2.76. The summed E-state index contributed by atoms with van der Waals surface area (Å²) in [5, 5.41) is 3.75. The zero-order valence-corrected chi connectivity index (χ0v) is 19.9. The highest BCUT2D eigenvalue weighted by molar-refractivity contribution is 6.34. The van der Waals surface area contributed by atoms with Crippen molar-refractivity contribution in [2.75, 3.05) is 18.5 Å². The fourth-order valence-electron chi connectivity index (χ4n) is 2.87. The quantitative estimate of drug-likeness (QED) is 0.312. The molecule has 1 N–H and O–H groups in total. The molecule has 5 nitrogen and oxygen atoms in total. The summed E-state index contributed by atoms with van der Waals surface area (Å²) in [7, 11) is 0. The molecule has 0 aliphatic carbocycles. The average molecular weight is 476 g/mol. The van der Waals surface area contributed by atoms with E-state index in [1.165, 1.54) is 0 Å². The Balaban J connectivity index is 2.07. The highest BCUT2D eigenvalue weighted by atomic mass is 35.5. The second kappa shape index (κ2) is 12.9. The van der Waals surface area contributed by atoms with Crippen LogP contribution in [0.15, 0.2) is 65.2 Å². The maximum atomic E-state index is 12.8. The van der Waals surface area contributed by atoms with Crippen LogP contribution in [0, 0.1) is 0 Å². The fourth-order valence-corrected chi connectivity index (χ4v) is 3.20. The molecule has 2 aromatic rings. The number of allylic oxidation sites excluding steroid dienone is 2. The Labute approximate surface area is 199 Å². The van der Waals surface area contributed by atoms with Crippen molar-refractivity contribution in [3.8, 4) is 5.75 Å². The smallest absolute Gasteiger partial charge is 0.310 e. The first-order valence-electron chi connectivity index (χ1n) is 10.4. The minimum absolute atomic E-state index is 0.180. The molecule has 0 aliphatic heterocycles. The first kappa shape index (κ1) is 25.5. The van der Waals surface area contributed by atoms with Crippen LogP contribution in [0.2, 0.25) is 5.02 Å². The standard InChI is InChI=1S/C25H27Cl2NO4/c1-4-7-18(22(26)5-2)16-32-20-12-13-23(27)21(15-20)25(30)28-19-10-8-17(9-11-19)14-24(29)31-6-3/h5,7-13,15H,4,6,14,16H2,1-3H3,(H,28,30)/b18-7-,22-5+. The molecule has 0 fully saturated rings. The number of hydrogen-bond donors (Lipinski definition) is 1. The summed E-state index contributed by atoms with van der Waals surface area (Å²) in [5.41, 5.74) is 2.54. The Morgan fingerprint density at radius 3 is 2.44 bits per heavy atom. The van der Waals surface area contributed by atoms with Gasteiger partial charge in [0.2, 0.25) is 0 Å². The van der Waals surface area contributed by atoms with E-state index in [-0.39, 0.29) is 30.5 Å². The van der Waals surface area contributed by atoms with Crippen LogP contribution in [0.4, 0.5) is 5.69 Å².